The average molecular weight is 357 g/mol. The van der Waals surface area contributed by atoms with E-state index in [0.29, 0.717) is 13.1 Å². The number of hydrogen-bond donors (Lipinski definition) is 2. The third-order valence-corrected chi connectivity index (χ3v) is 4.96. The van der Waals surface area contributed by atoms with Crippen molar-refractivity contribution in [2.45, 2.75) is 26.9 Å². The largest absolute Gasteiger partial charge is 0.496 e. The molecule has 0 saturated heterocycles. The lowest BCUT2D eigenvalue weighted by atomic mass is 10.1. The normalized spacial score (nSPS) is 10.9. The van der Waals surface area contributed by atoms with Crippen LogP contribution >= 0.6 is 11.3 Å². The van der Waals surface area contributed by atoms with E-state index in [4.69, 9.17) is 4.74 Å². The third kappa shape index (κ3) is 3.86. The maximum absolute atomic E-state index is 9.30. The Kier molecular flexibility index (Phi) is 5.40. The van der Waals surface area contributed by atoms with Crippen LogP contribution in [-0.4, -0.2) is 28.6 Å². The molecule has 0 fully saturated rings. The van der Waals surface area contributed by atoms with Crippen LogP contribution in [0, 0.1) is 13.8 Å². The first kappa shape index (κ1) is 17.5. The van der Waals surface area contributed by atoms with Crippen molar-refractivity contribution < 1.29 is 9.84 Å². The van der Waals surface area contributed by atoms with Crippen molar-refractivity contribution in [2.24, 2.45) is 0 Å². The molecule has 0 radical (unpaired) electrons. The lowest BCUT2D eigenvalue weighted by Gasteiger charge is -2.13. The SMILES string of the molecule is COc1c(C)cc(CNc2cc(-c3cccs3)nn2CCO)cc1C. The summed E-state index contributed by atoms with van der Waals surface area (Å²) in [6.07, 6.45) is 0. The van der Waals surface area contributed by atoms with Crippen molar-refractivity contribution in [3.05, 3.63) is 52.4 Å². The molecule has 0 unspecified atom stereocenters. The zero-order valence-corrected chi connectivity index (χ0v) is 15.6. The number of anilines is 1. The highest BCUT2D eigenvalue weighted by molar-refractivity contribution is 7.13. The lowest BCUT2D eigenvalue weighted by Crippen LogP contribution is -2.10. The van der Waals surface area contributed by atoms with E-state index in [2.05, 4.69) is 42.5 Å². The minimum atomic E-state index is 0.0565. The summed E-state index contributed by atoms with van der Waals surface area (Å²) >= 11 is 1.66. The molecule has 0 aliphatic carbocycles. The fourth-order valence-corrected chi connectivity index (χ4v) is 3.71. The second kappa shape index (κ2) is 7.72. The average Bonchev–Trinajstić information content (AvgIpc) is 3.22. The van der Waals surface area contributed by atoms with Crippen molar-refractivity contribution >= 4 is 17.2 Å². The minimum Gasteiger partial charge on any atom is -0.496 e. The van der Waals surface area contributed by atoms with Gasteiger partial charge in [0, 0.05) is 12.6 Å². The number of nitrogens with zero attached hydrogens (tertiary/aromatic N) is 2. The van der Waals surface area contributed by atoms with Crippen molar-refractivity contribution in [1.29, 1.82) is 0 Å². The molecule has 6 heteroatoms. The quantitative estimate of drug-likeness (QED) is 0.674. The van der Waals surface area contributed by atoms with E-state index in [1.807, 2.05) is 22.2 Å². The van der Waals surface area contributed by atoms with E-state index in [0.717, 1.165) is 33.3 Å². The molecule has 2 heterocycles. The Morgan fingerprint density at radius 1 is 1.24 bits per heavy atom. The highest BCUT2D eigenvalue weighted by atomic mass is 32.1. The number of rotatable bonds is 7. The second-order valence-electron chi connectivity index (χ2n) is 5.96. The van der Waals surface area contributed by atoms with Gasteiger partial charge in [-0.25, -0.2) is 4.68 Å². The van der Waals surface area contributed by atoms with E-state index < -0.39 is 0 Å². The van der Waals surface area contributed by atoms with Crippen molar-refractivity contribution in [1.82, 2.24) is 9.78 Å². The van der Waals surface area contributed by atoms with Gasteiger partial charge in [-0.1, -0.05) is 18.2 Å². The standard InChI is InChI=1S/C19H23N3O2S/c1-13-9-15(10-14(2)19(13)24-3)12-20-18-11-16(17-5-4-8-25-17)21-22(18)6-7-23/h4-5,8-11,20,23H,6-7,12H2,1-3H3. The third-order valence-electron chi connectivity index (χ3n) is 4.06. The van der Waals surface area contributed by atoms with Gasteiger partial charge < -0.3 is 15.2 Å². The molecule has 0 aliphatic rings. The van der Waals surface area contributed by atoms with Gasteiger partial charge in [0.1, 0.15) is 17.3 Å². The maximum atomic E-state index is 9.30. The number of hydrogen-bond acceptors (Lipinski definition) is 5. The zero-order chi connectivity index (χ0) is 17.8. The Morgan fingerprint density at radius 3 is 2.60 bits per heavy atom. The zero-order valence-electron chi connectivity index (χ0n) is 14.7. The molecular weight excluding hydrogens is 334 g/mol. The highest BCUT2D eigenvalue weighted by Gasteiger charge is 2.11. The molecule has 0 bridgehead atoms. The number of benzene rings is 1. The van der Waals surface area contributed by atoms with Gasteiger partial charge in [0.05, 0.1) is 25.1 Å². The molecule has 0 saturated carbocycles. The second-order valence-corrected chi connectivity index (χ2v) is 6.90. The number of ether oxygens (including phenoxy) is 1. The fraction of sp³-hybridized carbons (Fsp3) is 0.316. The molecule has 3 aromatic rings. The van der Waals surface area contributed by atoms with Gasteiger partial charge in [-0.3, -0.25) is 0 Å². The summed E-state index contributed by atoms with van der Waals surface area (Å²) in [5.74, 6) is 1.85. The van der Waals surface area contributed by atoms with Gasteiger partial charge >= 0.3 is 0 Å². The van der Waals surface area contributed by atoms with Gasteiger partial charge in [0.2, 0.25) is 0 Å². The Labute approximate surface area is 151 Å². The molecule has 2 aromatic heterocycles. The van der Waals surface area contributed by atoms with Crippen molar-refractivity contribution in [3.63, 3.8) is 0 Å². The lowest BCUT2D eigenvalue weighted by molar-refractivity contribution is 0.270. The van der Waals surface area contributed by atoms with Crippen molar-refractivity contribution in [2.75, 3.05) is 19.0 Å². The Balaban J connectivity index is 1.81. The number of thiophene rings is 1. The Hall–Kier alpha value is -2.31. The van der Waals surface area contributed by atoms with Gasteiger partial charge in [0.15, 0.2) is 0 Å². The smallest absolute Gasteiger partial charge is 0.125 e. The van der Waals surface area contributed by atoms with E-state index in [1.54, 1.807) is 18.4 Å². The molecule has 132 valence electrons. The molecule has 3 rings (SSSR count). The molecule has 0 amide bonds. The van der Waals surface area contributed by atoms with Crippen molar-refractivity contribution in [3.8, 4) is 16.3 Å². The topological polar surface area (TPSA) is 59.3 Å². The number of aliphatic hydroxyl groups is 1. The summed E-state index contributed by atoms with van der Waals surface area (Å²) in [7, 11) is 1.70. The first-order valence-electron chi connectivity index (χ1n) is 8.23. The maximum Gasteiger partial charge on any atom is 0.125 e. The Bertz CT molecular complexity index is 817. The van der Waals surface area contributed by atoms with Crippen LogP contribution < -0.4 is 10.1 Å². The summed E-state index contributed by atoms with van der Waals surface area (Å²) in [5, 5.41) is 19.4. The van der Waals surface area contributed by atoms with E-state index >= 15 is 0 Å². The van der Waals surface area contributed by atoms with Gasteiger partial charge in [0.25, 0.3) is 0 Å². The predicted molar refractivity (Wildman–Crippen MR) is 102 cm³/mol. The van der Waals surface area contributed by atoms with Crippen LogP contribution in [0.4, 0.5) is 5.82 Å². The molecular formula is C19H23N3O2S. The summed E-state index contributed by atoms with van der Waals surface area (Å²) in [6, 6.07) is 10.4. The predicted octanol–water partition coefficient (Wildman–Crippen LogP) is 3.84. The summed E-state index contributed by atoms with van der Waals surface area (Å²) in [5.41, 5.74) is 4.36. The molecule has 5 nitrogen and oxygen atoms in total. The number of nitrogens with one attached hydrogen (secondary N) is 1. The number of aryl methyl sites for hydroxylation is 2. The summed E-state index contributed by atoms with van der Waals surface area (Å²) < 4.78 is 7.25. The number of aliphatic hydroxyl groups excluding tert-OH is 1. The molecule has 0 atom stereocenters. The summed E-state index contributed by atoms with van der Waals surface area (Å²) in [4.78, 5) is 1.12. The molecule has 2 N–H and O–H groups in total. The van der Waals surface area contributed by atoms with E-state index in [9.17, 15) is 5.11 Å². The molecule has 1 aromatic carbocycles. The van der Waals surface area contributed by atoms with Crippen LogP contribution in [-0.2, 0) is 13.1 Å². The Morgan fingerprint density at radius 2 is 2.00 bits per heavy atom. The highest BCUT2D eigenvalue weighted by Crippen LogP contribution is 2.27. The van der Waals surface area contributed by atoms with Crippen LogP contribution in [0.15, 0.2) is 35.7 Å². The van der Waals surface area contributed by atoms with E-state index in [-0.39, 0.29) is 6.61 Å². The van der Waals surface area contributed by atoms with Gasteiger partial charge in [-0.05, 0) is 42.0 Å². The first-order chi connectivity index (χ1) is 12.1. The van der Waals surface area contributed by atoms with Gasteiger partial charge in [-0.2, -0.15) is 5.10 Å². The van der Waals surface area contributed by atoms with Crippen LogP contribution in [0.2, 0.25) is 0 Å². The molecule has 25 heavy (non-hydrogen) atoms. The van der Waals surface area contributed by atoms with Crippen LogP contribution in [0.5, 0.6) is 5.75 Å². The van der Waals surface area contributed by atoms with Gasteiger partial charge in [-0.15, -0.1) is 11.3 Å². The number of methoxy groups -OCH3 is 1. The first-order valence-corrected chi connectivity index (χ1v) is 9.11. The van der Waals surface area contributed by atoms with E-state index in [1.165, 1.54) is 5.56 Å². The monoisotopic (exact) mass is 357 g/mol. The molecule has 0 spiro atoms. The fourth-order valence-electron chi connectivity index (χ4n) is 3.03. The van der Waals surface area contributed by atoms with Crippen LogP contribution in [0.1, 0.15) is 16.7 Å². The van der Waals surface area contributed by atoms with Crippen LogP contribution in [0.3, 0.4) is 0 Å². The number of aromatic nitrogens is 2. The summed E-state index contributed by atoms with van der Waals surface area (Å²) in [6.45, 7) is 5.32. The minimum absolute atomic E-state index is 0.0565. The molecule has 0 aliphatic heterocycles. The van der Waals surface area contributed by atoms with Crippen LogP contribution in [0.25, 0.3) is 10.6 Å².